The zero-order valence-electron chi connectivity index (χ0n) is 56.8. The van der Waals surface area contributed by atoms with Crippen molar-refractivity contribution < 1.29 is 102 Å². The van der Waals surface area contributed by atoms with Crippen molar-refractivity contribution in [2.75, 3.05) is 0 Å². The number of hydrogen-bond acceptors (Lipinski definition) is 20. The van der Waals surface area contributed by atoms with E-state index in [4.69, 9.17) is 28.0 Å². The number of rotatable bonds is 52. The third-order valence-electron chi connectivity index (χ3n) is 16.9. The summed E-state index contributed by atoms with van der Waals surface area (Å²) in [6, 6.07) is 17.8. The van der Waals surface area contributed by atoms with E-state index in [-0.39, 0.29) is 76.4 Å². The van der Waals surface area contributed by atoms with Crippen LogP contribution in [0.4, 0.5) is 0 Å². The predicted molar refractivity (Wildman–Crippen MR) is 371 cm³/mol. The van der Waals surface area contributed by atoms with Crippen LogP contribution in [0.25, 0.3) is 9.75 Å². The van der Waals surface area contributed by atoms with Gasteiger partial charge in [-0.3, -0.25) is 81.5 Å². The molecule has 0 saturated carbocycles. The van der Waals surface area contributed by atoms with E-state index in [9.17, 15) is 96.8 Å². The molecule has 2 aromatic carbocycles. The van der Waals surface area contributed by atoms with Gasteiger partial charge in [0.15, 0.2) is 23.1 Å². The molecule has 0 aliphatic heterocycles. The van der Waals surface area contributed by atoms with Gasteiger partial charge in [0.1, 0.15) is 11.6 Å². The summed E-state index contributed by atoms with van der Waals surface area (Å²) in [4.78, 5) is 222. The number of thiophene rings is 2. The quantitative estimate of drug-likeness (QED) is 0.0300. The van der Waals surface area contributed by atoms with Crippen molar-refractivity contribution >= 4 is 123 Å². The molecule has 0 unspecified atom stereocenters. The van der Waals surface area contributed by atoms with Crippen LogP contribution in [0, 0.1) is 29.6 Å². The number of benzene rings is 2. The number of amides is 7. The molecule has 0 fully saturated rings. The average Bonchev–Trinajstić information content (AvgIpc) is 1.70. The van der Waals surface area contributed by atoms with Crippen LogP contribution >= 0.6 is 22.7 Å². The van der Waals surface area contributed by atoms with E-state index < -0.39 is 225 Å². The summed E-state index contributed by atoms with van der Waals surface area (Å²) in [6.07, 6.45) is -7.01. The number of nitrogens with two attached hydrogens (primary N) is 4. The lowest BCUT2D eigenvalue weighted by Crippen LogP contribution is -2.48. The number of aryl methyl sites for hydroxylation is 1. The largest absolute Gasteiger partial charge is 0.481 e. The molecule has 2 aromatic heterocycles. The first-order valence-corrected chi connectivity index (χ1v) is 34.9. The van der Waals surface area contributed by atoms with Crippen LogP contribution in [-0.2, 0) is 107 Å². The maximum atomic E-state index is 14.2. The second-order valence-electron chi connectivity index (χ2n) is 25.3. The van der Waals surface area contributed by atoms with Gasteiger partial charge in [-0.05, 0) is 100 Å². The van der Waals surface area contributed by atoms with Crippen LogP contribution in [-0.4, -0.2) is 151 Å². The minimum Gasteiger partial charge on any atom is -0.481 e. The summed E-state index contributed by atoms with van der Waals surface area (Å²) in [5.74, 6) is -20.7. The number of Topliss-reactive ketones (excluding diaryl/α,β-unsaturated/α-hetero) is 6. The van der Waals surface area contributed by atoms with Crippen molar-refractivity contribution in [2.24, 2.45) is 52.5 Å². The number of carbonyl (C=O) groups excluding carboxylic acids is 13. The molecule has 7 amide bonds. The lowest BCUT2D eigenvalue weighted by molar-refractivity contribution is -0.145. The van der Waals surface area contributed by atoms with Crippen molar-refractivity contribution in [1.82, 2.24) is 21.3 Å². The van der Waals surface area contributed by atoms with Gasteiger partial charge in [-0.25, -0.2) is 0 Å². The predicted octanol–water partition coefficient (Wildman–Crippen LogP) is 3.67. The number of carbonyl (C=O) groups is 17. The fourth-order valence-electron chi connectivity index (χ4n) is 11.0. The van der Waals surface area contributed by atoms with Crippen LogP contribution in [0.15, 0.2) is 84.9 Å². The van der Waals surface area contributed by atoms with Crippen LogP contribution < -0.4 is 44.2 Å². The molecule has 16 N–H and O–H groups in total. The maximum absolute atomic E-state index is 14.2. The van der Waals surface area contributed by atoms with E-state index in [0.717, 1.165) is 14.6 Å². The summed E-state index contributed by atoms with van der Waals surface area (Å²) in [6.45, 7) is 2.85. The molecule has 0 saturated heterocycles. The molecule has 2 heterocycles. The van der Waals surface area contributed by atoms with Gasteiger partial charge in [-0.2, -0.15) is 0 Å². The Morgan fingerprint density at radius 3 is 1.34 bits per heavy atom. The molecular weight excluding hydrogens is 1360 g/mol. The number of hydrogen-bond donors (Lipinski definition) is 12. The second-order valence-corrected chi connectivity index (χ2v) is 27.7. The van der Waals surface area contributed by atoms with E-state index in [1.165, 1.54) is 36.5 Å². The van der Waals surface area contributed by atoms with Gasteiger partial charge in [-0.15, -0.1) is 22.7 Å². The van der Waals surface area contributed by atoms with Gasteiger partial charge < -0.3 is 64.6 Å². The Morgan fingerprint density at radius 2 is 0.804 bits per heavy atom. The second kappa shape index (κ2) is 42.9. The Balaban J connectivity index is 1.42. The molecule has 0 aliphatic rings. The highest BCUT2D eigenvalue weighted by Crippen LogP contribution is 2.35. The number of nitrogens with one attached hydrogen (secondary N) is 4. The summed E-state index contributed by atoms with van der Waals surface area (Å²) >= 11 is 2.66. The SMILES string of the molecule is C[C@H](CC(=O)[C@H](Cc1ccccc1)NC(=O)[C@H](CCC(=O)O)CC(=O)Cc1ccc(-c2ccc(CCC(=O)[C@H](C)NC(=O)[C@@H](CC(=O)[C@H](CCC(=O)O)NC(=O)[C@H](CCC(N)=O)CC(=O)[C@@H](N)CCC(N)=O)Cc3ccccc3)s2)s1)C(=O)N[C@@H](CCC(N)=O)C(=O)C[C@@H](CCC(=O)O)C(=O)O. The number of primary amides is 3. The molecule has 4 aromatic rings. The first-order chi connectivity index (χ1) is 48.2. The van der Waals surface area contributed by atoms with Crippen LogP contribution in [0.3, 0.4) is 0 Å². The topological polar surface area (TPSA) is 523 Å². The number of ketones is 6. The van der Waals surface area contributed by atoms with E-state index in [1.54, 1.807) is 72.8 Å². The van der Waals surface area contributed by atoms with Gasteiger partial charge in [0.25, 0.3) is 0 Å². The smallest absolute Gasteiger partial charge is 0.306 e. The molecule has 10 atom stereocenters. The van der Waals surface area contributed by atoms with Crippen molar-refractivity contribution in [2.45, 2.75) is 185 Å². The van der Waals surface area contributed by atoms with Crippen LogP contribution in [0.2, 0.25) is 0 Å². The first-order valence-electron chi connectivity index (χ1n) is 33.3. The molecule has 31 heteroatoms. The van der Waals surface area contributed by atoms with E-state index in [0.29, 0.717) is 16.0 Å². The monoisotopic (exact) mass is 1450 g/mol. The molecule has 552 valence electrons. The number of aliphatic carboxylic acids is 4. The maximum Gasteiger partial charge on any atom is 0.306 e. The standard InChI is InChI=1S/C71H90N8O21S2/c1-39(67(95)77-51(20-27-63(75)88)57(84)36-45(71(99)100)15-29-65(91)92)31-56(83)53(33-42-11-7-4-8-12-42)79-68(96)43(14-28-64(89)90)34-47(80)38-49-18-24-60(102-49)59-23-17-48(101-59)16-22-54(81)40(2)76-70(98)46(32-41-9-5-3-6-10-41)37-58(85)52(21-30-66(93)94)78-69(97)44(13-25-61(73)86)35-55(82)50(72)19-26-62(74)87/h3-12,17-18,23-24,39-40,43-46,50-53H,13-16,19-22,25-38,72H2,1-2H3,(H2,73,86)(H2,74,87)(H2,75,88)(H,76,98)(H,77,95)(H,78,97)(H,79,96)(H,89,90)(H,91,92)(H,93,94)(H,99,100)/t39-,40+,43-,44-,45-,46-,50+,51+,52+,53+/m1/s1. The fourth-order valence-corrected chi connectivity index (χ4v) is 13.2. The molecule has 29 nitrogen and oxygen atoms in total. The van der Waals surface area contributed by atoms with E-state index >= 15 is 0 Å². The van der Waals surface area contributed by atoms with Gasteiger partial charge >= 0.3 is 23.9 Å². The third kappa shape index (κ3) is 31.3. The van der Waals surface area contributed by atoms with Crippen LogP contribution in [0.5, 0.6) is 0 Å². The molecule has 4 rings (SSSR count). The summed E-state index contributed by atoms with van der Waals surface area (Å²) < 4.78 is 0. The molecular formula is C71H90N8O21S2. The molecule has 0 radical (unpaired) electrons. The lowest BCUT2D eigenvalue weighted by Gasteiger charge is -2.24. The third-order valence-corrected chi connectivity index (χ3v) is 19.4. The molecule has 0 bridgehead atoms. The van der Waals surface area contributed by atoms with Gasteiger partial charge in [0.05, 0.1) is 36.1 Å². The van der Waals surface area contributed by atoms with E-state index in [1.807, 2.05) is 12.1 Å². The van der Waals surface area contributed by atoms with Gasteiger partial charge in [-0.1, -0.05) is 67.6 Å². The minimum absolute atomic E-state index is 0.00429. The minimum atomic E-state index is -1.48. The molecule has 0 aliphatic carbocycles. The Labute approximate surface area is 596 Å². The van der Waals surface area contributed by atoms with Crippen molar-refractivity contribution in [3.05, 3.63) is 106 Å². The highest BCUT2D eigenvalue weighted by atomic mass is 32.1. The Morgan fingerprint density at radius 1 is 0.392 bits per heavy atom. The first kappa shape index (κ1) is 84.4. The van der Waals surface area contributed by atoms with Gasteiger partial charge in [0, 0.05) is 127 Å². The van der Waals surface area contributed by atoms with Gasteiger partial charge in [0.2, 0.25) is 41.4 Å². The molecule has 102 heavy (non-hydrogen) atoms. The molecule has 0 spiro atoms. The summed E-state index contributed by atoms with van der Waals surface area (Å²) in [7, 11) is 0. The lowest BCUT2D eigenvalue weighted by atomic mass is 9.88. The highest BCUT2D eigenvalue weighted by molar-refractivity contribution is 7.22. The zero-order valence-corrected chi connectivity index (χ0v) is 58.4. The van der Waals surface area contributed by atoms with Crippen molar-refractivity contribution in [1.29, 1.82) is 0 Å². The Bertz CT molecular complexity index is 3650. The van der Waals surface area contributed by atoms with Crippen molar-refractivity contribution in [3.63, 3.8) is 0 Å². The van der Waals surface area contributed by atoms with Crippen LogP contribution in [0.1, 0.15) is 150 Å². The van der Waals surface area contributed by atoms with E-state index in [2.05, 4.69) is 21.3 Å². The average molecular weight is 1460 g/mol. The Kier molecular flexibility index (Phi) is 35.5. The normalized spacial score (nSPS) is 14.1. The number of carboxylic acids is 4. The summed E-state index contributed by atoms with van der Waals surface area (Å²) in [5, 5.41) is 48.4. The number of carboxylic acid groups (broad SMARTS) is 4. The highest BCUT2D eigenvalue weighted by Gasteiger charge is 2.36. The fraction of sp³-hybridized carbons (Fsp3) is 0.479. The van der Waals surface area contributed by atoms with Crippen molar-refractivity contribution in [3.8, 4) is 9.75 Å². The zero-order chi connectivity index (χ0) is 75.8. The Hall–Kier alpha value is -10.0. The summed E-state index contributed by atoms with van der Waals surface area (Å²) in [5.41, 5.74) is 23.0.